The van der Waals surface area contributed by atoms with Gasteiger partial charge >= 0.3 is 0 Å². The number of benzene rings is 1. The Labute approximate surface area is 91.3 Å². The molecule has 1 aliphatic rings. The Morgan fingerprint density at radius 2 is 1.71 bits per heavy atom. The van der Waals surface area contributed by atoms with Crippen LogP contribution < -0.4 is 0 Å². The zero-order valence-corrected chi connectivity index (χ0v) is 9.43. The molecule has 0 bridgehead atoms. The summed E-state index contributed by atoms with van der Waals surface area (Å²) in [4.78, 5) is 0. The van der Waals surface area contributed by atoms with Crippen molar-refractivity contribution in [2.45, 2.75) is 38.5 Å². The number of rotatable bonds is 1. The van der Waals surface area contributed by atoms with Gasteiger partial charge in [0.25, 0.3) is 0 Å². The molecule has 0 spiro atoms. The minimum Gasteiger partial charge on any atom is -0.0840 e. The van der Waals surface area contributed by atoms with Gasteiger partial charge < -0.3 is 0 Å². The highest BCUT2D eigenvalue weighted by Gasteiger charge is 2.20. The first-order valence-electron chi connectivity index (χ1n) is 5.52. The molecule has 0 aromatic heterocycles. The molecule has 0 atom stereocenters. The van der Waals surface area contributed by atoms with E-state index in [0.717, 1.165) is 10.9 Å². The van der Waals surface area contributed by atoms with Crippen molar-refractivity contribution in [3.8, 4) is 0 Å². The lowest BCUT2D eigenvalue weighted by molar-refractivity contribution is 0.348. The van der Waals surface area contributed by atoms with Gasteiger partial charge in [0.1, 0.15) is 0 Å². The summed E-state index contributed by atoms with van der Waals surface area (Å²) in [5, 5.41) is 0.951. The molecule has 1 fully saturated rings. The van der Waals surface area contributed by atoms with Crippen LogP contribution in [0.1, 0.15) is 44.1 Å². The molecule has 0 N–H and O–H groups in total. The molecule has 0 heterocycles. The fourth-order valence-corrected chi connectivity index (χ4v) is 2.67. The first-order chi connectivity index (χ1) is 6.77. The predicted molar refractivity (Wildman–Crippen MR) is 61.8 cm³/mol. The lowest BCUT2D eigenvalue weighted by Gasteiger charge is -2.26. The van der Waals surface area contributed by atoms with E-state index < -0.39 is 0 Å². The standard InChI is InChI=1S/C13H17Cl/c1-10-6-8-11(9-7-10)12-4-2-3-5-13(12)14/h2-5,10-11H,6-9H2,1H3. The van der Waals surface area contributed by atoms with E-state index in [1.807, 2.05) is 12.1 Å². The molecule has 0 amide bonds. The second kappa shape index (κ2) is 4.35. The van der Waals surface area contributed by atoms with Gasteiger partial charge in [-0.1, -0.05) is 49.6 Å². The summed E-state index contributed by atoms with van der Waals surface area (Å²) in [6.07, 6.45) is 5.33. The topological polar surface area (TPSA) is 0 Å². The molecule has 1 aliphatic carbocycles. The predicted octanol–water partition coefficient (Wildman–Crippen LogP) is 4.63. The molecule has 0 radical (unpaired) electrons. The quantitative estimate of drug-likeness (QED) is 0.631. The van der Waals surface area contributed by atoms with Crippen LogP contribution in [0.3, 0.4) is 0 Å². The summed E-state index contributed by atoms with van der Waals surface area (Å²) < 4.78 is 0. The summed E-state index contributed by atoms with van der Waals surface area (Å²) in [7, 11) is 0. The minimum absolute atomic E-state index is 0.708. The van der Waals surface area contributed by atoms with Gasteiger partial charge in [-0.25, -0.2) is 0 Å². The number of hydrogen-bond donors (Lipinski definition) is 0. The summed E-state index contributed by atoms with van der Waals surface area (Å²) in [5.74, 6) is 1.62. The van der Waals surface area contributed by atoms with Crippen molar-refractivity contribution in [1.29, 1.82) is 0 Å². The first-order valence-corrected chi connectivity index (χ1v) is 5.89. The second-order valence-electron chi connectivity index (χ2n) is 4.48. The molecular weight excluding hydrogens is 192 g/mol. The van der Waals surface area contributed by atoms with E-state index >= 15 is 0 Å². The highest BCUT2D eigenvalue weighted by atomic mass is 35.5. The van der Waals surface area contributed by atoms with Crippen molar-refractivity contribution >= 4 is 11.6 Å². The Balaban J connectivity index is 2.12. The summed E-state index contributed by atoms with van der Waals surface area (Å²) in [6.45, 7) is 2.35. The summed E-state index contributed by atoms with van der Waals surface area (Å²) in [6, 6.07) is 8.30. The Hall–Kier alpha value is -0.490. The smallest absolute Gasteiger partial charge is 0.0440 e. The number of halogens is 1. The van der Waals surface area contributed by atoms with Gasteiger partial charge in [0.2, 0.25) is 0 Å². The van der Waals surface area contributed by atoms with Crippen molar-refractivity contribution < 1.29 is 0 Å². The minimum atomic E-state index is 0.708. The van der Waals surface area contributed by atoms with Gasteiger partial charge in [-0.2, -0.15) is 0 Å². The zero-order chi connectivity index (χ0) is 9.97. The van der Waals surface area contributed by atoms with Gasteiger partial charge in [-0.05, 0) is 36.3 Å². The van der Waals surface area contributed by atoms with E-state index in [1.54, 1.807) is 0 Å². The summed E-state index contributed by atoms with van der Waals surface area (Å²) in [5.41, 5.74) is 1.36. The molecule has 0 saturated heterocycles. The van der Waals surface area contributed by atoms with Crippen LogP contribution in [0.15, 0.2) is 24.3 Å². The maximum Gasteiger partial charge on any atom is 0.0440 e. The molecule has 1 aromatic rings. The number of hydrogen-bond acceptors (Lipinski definition) is 0. The van der Waals surface area contributed by atoms with E-state index in [2.05, 4.69) is 19.1 Å². The lowest BCUT2D eigenvalue weighted by atomic mass is 9.79. The fraction of sp³-hybridized carbons (Fsp3) is 0.538. The third-order valence-corrected chi connectivity index (χ3v) is 3.71. The Morgan fingerprint density at radius 1 is 1.07 bits per heavy atom. The van der Waals surface area contributed by atoms with Crippen LogP contribution >= 0.6 is 11.6 Å². The van der Waals surface area contributed by atoms with Crippen LogP contribution in [0.4, 0.5) is 0 Å². The van der Waals surface area contributed by atoms with Crippen LogP contribution in [-0.2, 0) is 0 Å². The molecule has 1 aromatic carbocycles. The highest BCUT2D eigenvalue weighted by molar-refractivity contribution is 6.31. The van der Waals surface area contributed by atoms with Crippen molar-refractivity contribution in [1.82, 2.24) is 0 Å². The van der Waals surface area contributed by atoms with Crippen LogP contribution in [-0.4, -0.2) is 0 Å². The molecular formula is C13H17Cl. The van der Waals surface area contributed by atoms with Crippen LogP contribution in [0.2, 0.25) is 5.02 Å². The fourth-order valence-electron chi connectivity index (χ4n) is 2.38. The van der Waals surface area contributed by atoms with E-state index in [4.69, 9.17) is 11.6 Å². The van der Waals surface area contributed by atoms with Gasteiger partial charge in [-0.3, -0.25) is 0 Å². The third kappa shape index (κ3) is 2.12. The van der Waals surface area contributed by atoms with Crippen molar-refractivity contribution in [2.75, 3.05) is 0 Å². The first kappa shape index (κ1) is 10.0. The van der Waals surface area contributed by atoms with E-state index in [0.29, 0.717) is 5.92 Å². The average molecular weight is 209 g/mol. The Bertz CT molecular complexity index is 298. The van der Waals surface area contributed by atoms with Crippen molar-refractivity contribution in [2.24, 2.45) is 5.92 Å². The normalized spacial score (nSPS) is 27.6. The van der Waals surface area contributed by atoms with Gasteiger partial charge in [0.15, 0.2) is 0 Å². The van der Waals surface area contributed by atoms with Crippen LogP contribution in [0, 0.1) is 5.92 Å². The monoisotopic (exact) mass is 208 g/mol. The molecule has 14 heavy (non-hydrogen) atoms. The SMILES string of the molecule is CC1CCC(c2ccccc2Cl)CC1. The van der Waals surface area contributed by atoms with Crippen molar-refractivity contribution in [3.63, 3.8) is 0 Å². The van der Waals surface area contributed by atoms with Gasteiger partial charge in [0, 0.05) is 5.02 Å². The molecule has 1 heteroatoms. The molecule has 0 nitrogen and oxygen atoms in total. The molecule has 0 aliphatic heterocycles. The Morgan fingerprint density at radius 3 is 2.36 bits per heavy atom. The third-order valence-electron chi connectivity index (χ3n) is 3.36. The zero-order valence-electron chi connectivity index (χ0n) is 8.67. The Kier molecular flexibility index (Phi) is 3.12. The van der Waals surface area contributed by atoms with Gasteiger partial charge in [0.05, 0.1) is 0 Å². The van der Waals surface area contributed by atoms with Crippen molar-refractivity contribution in [3.05, 3.63) is 34.9 Å². The highest BCUT2D eigenvalue weighted by Crippen LogP contribution is 2.37. The summed E-state index contributed by atoms with van der Waals surface area (Å²) >= 11 is 6.19. The van der Waals surface area contributed by atoms with E-state index in [9.17, 15) is 0 Å². The van der Waals surface area contributed by atoms with Gasteiger partial charge in [-0.15, -0.1) is 0 Å². The molecule has 0 unspecified atom stereocenters. The molecule has 2 rings (SSSR count). The second-order valence-corrected chi connectivity index (χ2v) is 4.89. The van der Waals surface area contributed by atoms with Crippen LogP contribution in [0.5, 0.6) is 0 Å². The van der Waals surface area contributed by atoms with Crippen LogP contribution in [0.25, 0.3) is 0 Å². The van der Waals surface area contributed by atoms with E-state index in [-0.39, 0.29) is 0 Å². The largest absolute Gasteiger partial charge is 0.0840 e. The lowest BCUT2D eigenvalue weighted by Crippen LogP contribution is -2.10. The maximum absolute atomic E-state index is 6.19. The molecule has 76 valence electrons. The van der Waals surface area contributed by atoms with E-state index in [1.165, 1.54) is 31.2 Å². The molecule has 1 saturated carbocycles. The maximum atomic E-state index is 6.19. The average Bonchev–Trinajstić information content (AvgIpc) is 2.20.